The number of carbonyl (C=O) groups is 1. The molecule has 2 aromatic heterocycles. The molecule has 0 saturated carbocycles. The van der Waals surface area contributed by atoms with Crippen LogP contribution < -0.4 is 5.32 Å². The number of furan rings is 1. The van der Waals surface area contributed by atoms with Gasteiger partial charge in [-0.1, -0.05) is 12.1 Å². The van der Waals surface area contributed by atoms with E-state index >= 15 is 0 Å². The number of rotatable bonds is 6. The predicted molar refractivity (Wildman–Crippen MR) is 91.9 cm³/mol. The molecule has 124 valence electrons. The van der Waals surface area contributed by atoms with Gasteiger partial charge >= 0.3 is 0 Å². The van der Waals surface area contributed by atoms with Crippen molar-refractivity contribution in [2.24, 2.45) is 0 Å². The van der Waals surface area contributed by atoms with Gasteiger partial charge in [-0.15, -0.1) is 0 Å². The maximum Gasteiger partial charge on any atom is 0.287 e. The first kappa shape index (κ1) is 16.3. The van der Waals surface area contributed by atoms with Crippen LogP contribution in [0.2, 0.25) is 0 Å². The van der Waals surface area contributed by atoms with Crippen molar-refractivity contribution in [2.45, 2.75) is 13.0 Å². The molecular weight excluding hydrogens is 374 g/mol. The molecule has 0 saturated heterocycles. The quantitative estimate of drug-likeness (QED) is 0.678. The van der Waals surface area contributed by atoms with E-state index in [4.69, 9.17) is 4.42 Å². The minimum Gasteiger partial charge on any atom is -0.508 e. The first-order chi connectivity index (χ1) is 11.6. The summed E-state index contributed by atoms with van der Waals surface area (Å²) in [5.41, 5.74) is 1.04. The second-order valence-electron chi connectivity index (χ2n) is 5.29. The van der Waals surface area contributed by atoms with Gasteiger partial charge in [-0.25, -0.2) is 0 Å². The van der Waals surface area contributed by atoms with Gasteiger partial charge in [0.15, 0.2) is 5.76 Å². The van der Waals surface area contributed by atoms with Gasteiger partial charge in [0.1, 0.15) is 11.5 Å². The number of phenols is 1. The molecule has 0 spiro atoms. The van der Waals surface area contributed by atoms with Crippen LogP contribution in [-0.4, -0.2) is 27.3 Å². The molecule has 3 aromatic rings. The molecular formula is C17H16BrN3O3. The summed E-state index contributed by atoms with van der Waals surface area (Å²) in [6.07, 6.45) is 4.21. The average molecular weight is 390 g/mol. The van der Waals surface area contributed by atoms with E-state index in [1.54, 1.807) is 35.1 Å². The lowest BCUT2D eigenvalue weighted by atomic mass is 10.1. The molecule has 0 radical (unpaired) electrons. The Balaban J connectivity index is 1.51. The molecule has 0 aliphatic carbocycles. The Morgan fingerprint density at radius 1 is 1.25 bits per heavy atom. The van der Waals surface area contributed by atoms with E-state index in [9.17, 15) is 9.90 Å². The first-order valence-electron chi connectivity index (χ1n) is 7.43. The summed E-state index contributed by atoms with van der Waals surface area (Å²) >= 11 is 3.33. The van der Waals surface area contributed by atoms with Crippen molar-refractivity contribution in [1.29, 1.82) is 0 Å². The number of phenolic OH excluding ortho intramolecular Hbond substituents is 1. The van der Waals surface area contributed by atoms with Gasteiger partial charge in [0.2, 0.25) is 0 Å². The number of nitrogens with zero attached hydrogens (tertiary/aromatic N) is 2. The predicted octanol–water partition coefficient (Wildman–Crippen LogP) is 2.97. The minimum absolute atomic E-state index is 0.232. The van der Waals surface area contributed by atoms with Crippen LogP contribution in [0.5, 0.6) is 5.75 Å². The zero-order valence-corrected chi connectivity index (χ0v) is 14.4. The molecule has 0 aliphatic rings. The Bertz CT molecular complexity index is 824. The highest BCUT2D eigenvalue weighted by molar-refractivity contribution is 9.10. The van der Waals surface area contributed by atoms with Crippen molar-refractivity contribution in [3.05, 3.63) is 70.3 Å². The number of halogens is 1. The molecule has 3 rings (SSSR count). The van der Waals surface area contributed by atoms with Gasteiger partial charge < -0.3 is 14.8 Å². The number of hydrogen-bond acceptors (Lipinski definition) is 4. The van der Waals surface area contributed by atoms with Crippen molar-refractivity contribution in [1.82, 2.24) is 15.1 Å². The molecule has 1 aromatic carbocycles. The summed E-state index contributed by atoms with van der Waals surface area (Å²) in [5.74, 6) is 0.924. The number of carbonyl (C=O) groups excluding carboxylic acids is 1. The number of hydrogen-bond donors (Lipinski definition) is 2. The third-order valence-electron chi connectivity index (χ3n) is 3.44. The molecule has 1 amide bonds. The van der Waals surface area contributed by atoms with Crippen molar-refractivity contribution < 1.29 is 14.3 Å². The molecule has 2 N–H and O–H groups in total. The molecule has 2 heterocycles. The monoisotopic (exact) mass is 389 g/mol. The molecule has 0 unspecified atom stereocenters. The van der Waals surface area contributed by atoms with E-state index < -0.39 is 0 Å². The summed E-state index contributed by atoms with van der Waals surface area (Å²) in [6.45, 7) is 0.956. The fourth-order valence-electron chi connectivity index (χ4n) is 2.24. The number of amides is 1. The maximum absolute atomic E-state index is 12.1. The van der Waals surface area contributed by atoms with E-state index in [1.807, 2.05) is 18.3 Å². The molecule has 24 heavy (non-hydrogen) atoms. The van der Waals surface area contributed by atoms with Crippen molar-refractivity contribution in [2.75, 3.05) is 6.54 Å². The normalized spacial score (nSPS) is 10.7. The van der Waals surface area contributed by atoms with E-state index in [-0.39, 0.29) is 17.4 Å². The van der Waals surface area contributed by atoms with Crippen LogP contribution in [0, 0.1) is 0 Å². The second-order valence-corrected chi connectivity index (χ2v) is 6.21. The summed E-state index contributed by atoms with van der Waals surface area (Å²) in [5, 5.41) is 16.2. The van der Waals surface area contributed by atoms with Crippen LogP contribution in [0.15, 0.2) is 57.7 Å². The number of nitrogens with one attached hydrogen (secondary N) is 1. The zero-order chi connectivity index (χ0) is 16.9. The van der Waals surface area contributed by atoms with Gasteiger partial charge in [0.25, 0.3) is 5.91 Å². The second kappa shape index (κ2) is 7.35. The van der Waals surface area contributed by atoms with E-state index in [0.717, 1.165) is 10.0 Å². The number of benzene rings is 1. The Labute approximate surface area is 147 Å². The number of aromatic nitrogens is 2. The Morgan fingerprint density at radius 3 is 2.75 bits per heavy atom. The highest BCUT2D eigenvalue weighted by Crippen LogP contribution is 2.12. The third-order valence-corrected chi connectivity index (χ3v) is 3.85. The van der Waals surface area contributed by atoms with Gasteiger partial charge in [0.05, 0.1) is 17.2 Å². The van der Waals surface area contributed by atoms with Crippen LogP contribution in [-0.2, 0) is 13.0 Å². The first-order valence-corrected chi connectivity index (χ1v) is 8.22. The summed E-state index contributed by atoms with van der Waals surface area (Å²) in [7, 11) is 0. The van der Waals surface area contributed by atoms with Crippen molar-refractivity contribution in [3.63, 3.8) is 0 Å². The minimum atomic E-state index is -0.248. The van der Waals surface area contributed by atoms with Crippen LogP contribution in [0.1, 0.15) is 21.9 Å². The standard InChI is InChI=1S/C17H16BrN3O3/c18-13-9-20-21(10-13)11-15-5-6-16(24-15)17(23)19-8-7-12-1-3-14(22)4-2-12/h1-6,9-10,22H,7-8,11H2,(H,19,23). The van der Waals surface area contributed by atoms with Gasteiger partial charge in [-0.05, 0) is 52.2 Å². The van der Waals surface area contributed by atoms with Crippen LogP contribution in [0.25, 0.3) is 0 Å². The lowest BCUT2D eigenvalue weighted by molar-refractivity contribution is 0.0924. The van der Waals surface area contributed by atoms with Gasteiger partial charge in [-0.3, -0.25) is 9.48 Å². The Morgan fingerprint density at radius 2 is 2.04 bits per heavy atom. The summed E-state index contributed by atoms with van der Waals surface area (Å²) in [6, 6.07) is 10.3. The highest BCUT2D eigenvalue weighted by Gasteiger charge is 2.11. The van der Waals surface area contributed by atoms with Gasteiger partial charge in [0, 0.05) is 12.7 Å². The molecule has 0 fully saturated rings. The summed E-state index contributed by atoms with van der Waals surface area (Å²) in [4.78, 5) is 12.1. The average Bonchev–Trinajstić information content (AvgIpc) is 3.19. The van der Waals surface area contributed by atoms with E-state index in [2.05, 4.69) is 26.3 Å². The summed E-state index contributed by atoms with van der Waals surface area (Å²) < 4.78 is 8.16. The largest absolute Gasteiger partial charge is 0.508 e. The smallest absolute Gasteiger partial charge is 0.287 e. The highest BCUT2D eigenvalue weighted by atomic mass is 79.9. The fraction of sp³-hybridized carbons (Fsp3) is 0.176. The lowest BCUT2D eigenvalue weighted by Gasteiger charge is -2.04. The third kappa shape index (κ3) is 4.26. The lowest BCUT2D eigenvalue weighted by Crippen LogP contribution is -2.25. The van der Waals surface area contributed by atoms with Crippen LogP contribution in [0.4, 0.5) is 0 Å². The fourth-order valence-corrected chi connectivity index (χ4v) is 2.57. The van der Waals surface area contributed by atoms with Crippen LogP contribution >= 0.6 is 15.9 Å². The maximum atomic E-state index is 12.1. The van der Waals surface area contributed by atoms with Crippen molar-refractivity contribution >= 4 is 21.8 Å². The molecule has 7 heteroatoms. The number of aromatic hydroxyl groups is 1. The molecule has 6 nitrogen and oxygen atoms in total. The Hall–Kier alpha value is -2.54. The van der Waals surface area contributed by atoms with E-state index in [0.29, 0.717) is 25.3 Å². The van der Waals surface area contributed by atoms with E-state index in [1.165, 1.54) is 0 Å². The van der Waals surface area contributed by atoms with Gasteiger partial charge in [-0.2, -0.15) is 5.10 Å². The van der Waals surface area contributed by atoms with Crippen LogP contribution in [0.3, 0.4) is 0 Å². The van der Waals surface area contributed by atoms with Crippen molar-refractivity contribution in [3.8, 4) is 5.75 Å². The molecule has 0 atom stereocenters. The zero-order valence-electron chi connectivity index (χ0n) is 12.8. The SMILES string of the molecule is O=C(NCCc1ccc(O)cc1)c1ccc(Cn2cc(Br)cn2)o1. The Kier molecular flexibility index (Phi) is 5.00. The topological polar surface area (TPSA) is 80.3 Å². The molecule has 0 bridgehead atoms. The molecule has 0 aliphatic heterocycles.